The fourth-order valence-electron chi connectivity index (χ4n) is 1.91. The molecule has 1 N–H and O–H groups in total. The number of carbonyl (C=O) groups excluding carboxylic acids is 2. The van der Waals surface area contributed by atoms with E-state index in [4.69, 9.17) is 27.9 Å². The van der Waals surface area contributed by atoms with Crippen LogP contribution in [0, 0.1) is 0 Å². The number of amides is 1. The van der Waals surface area contributed by atoms with Crippen LogP contribution in [0.15, 0.2) is 42.5 Å². The molecule has 2 rings (SSSR count). The van der Waals surface area contributed by atoms with Gasteiger partial charge < -0.3 is 10.1 Å². The summed E-state index contributed by atoms with van der Waals surface area (Å²) in [6.45, 7) is 1.45. The molecule has 1 amide bonds. The van der Waals surface area contributed by atoms with E-state index in [-0.39, 0.29) is 21.9 Å². The monoisotopic (exact) mass is 352 g/mol. The van der Waals surface area contributed by atoms with E-state index in [0.29, 0.717) is 0 Å². The number of benzene rings is 1. The molecule has 0 aliphatic rings. The highest BCUT2D eigenvalue weighted by molar-refractivity contribution is 6.32. The van der Waals surface area contributed by atoms with E-state index in [1.807, 2.05) is 37.3 Å². The van der Waals surface area contributed by atoms with Crippen molar-refractivity contribution in [3.05, 3.63) is 63.9 Å². The number of ether oxygens (including phenoxy) is 1. The molecule has 0 unspecified atom stereocenters. The molecule has 120 valence electrons. The summed E-state index contributed by atoms with van der Waals surface area (Å²) in [6.07, 6.45) is 0. The van der Waals surface area contributed by atoms with Crippen LogP contribution >= 0.6 is 23.2 Å². The van der Waals surface area contributed by atoms with Crippen molar-refractivity contribution in [2.24, 2.45) is 0 Å². The normalized spacial score (nSPS) is 11.6. The third-order valence-corrected chi connectivity index (χ3v) is 3.40. The largest absolute Gasteiger partial charge is 0.452 e. The summed E-state index contributed by atoms with van der Waals surface area (Å²) >= 11 is 11.4. The van der Waals surface area contributed by atoms with Gasteiger partial charge in [-0.05, 0) is 24.6 Å². The number of hydrogen-bond donors (Lipinski definition) is 1. The van der Waals surface area contributed by atoms with Gasteiger partial charge >= 0.3 is 5.97 Å². The van der Waals surface area contributed by atoms with Crippen molar-refractivity contribution in [2.45, 2.75) is 13.0 Å². The number of pyridine rings is 1. The molecule has 1 aromatic heterocycles. The lowest BCUT2D eigenvalue weighted by atomic mass is 10.1. The average molecular weight is 353 g/mol. The molecule has 7 heteroatoms. The van der Waals surface area contributed by atoms with Gasteiger partial charge in [-0.15, -0.1) is 0 Å². The Balaban J connectivity index is 1.87. The number of nitrogens with one attached hydrogen (secondary N) is 1. The number of rotatable bonds is 5. The van der Waals surface area contributed by atoms with Crippen LogP contribution in [0.4, 0.5) is 0 Å². The van der Waals surface area contributed by atoms with Crippen LogP contribution in [0.2, 0.25) is 10.3 Å². The smallest absolute Gasteiger partial charge is 0.338 e. The number of halogens is 2. The molecule has 1 atom stereocenters. The van der Waals surface area contributed by atoms with Crippen molar-refractivity contribution in [3.8, 4) is 0 Å². The molecular formula is C16H14Cl2N2O3. The summed E-state index contributed by atoms with van der Waals surface area (Å²) in [6, 6.07) is 11.9. The fraction of sp³-hybridized carbons (Fsp3) is 0.188. The predicted octanol–water partition coefficient (Wildman–Crippen LogP) is 3.42. The summed E-state index contributed by atoms with van der Waals surface area (Å²) in [7, 11) is 0. The minimum Gasteiger partial charge on any atom is -0.452 e. The molecule has 0 fully saturated rings. The van der Waals surface area contributed by atoms with Gasteiger partial charge in [0.25, 0.3) is 5.91 Å². The molecule has 0 aliphatic carbocycles. The highest BCUT2D eigenvalue weighted by Gasteiger charge is 2.14. The lowest BCUT2D eigenvalue weighted by molar-refractivity contribution is -0.124. The standard InChI is InChI=1S/C16H14Cl2N2O3/c1-10(11-5-3-2-4-6-11)19-15(21)9-23-16(22)12-7-13(17)20-14(18)8-12/h2-8,10H,9H2,1H3,(H,19,21)/t10-/m1/s1. The number of nitrogens with zero attached hydrogens (tertiary/aromatic N) is 1. The summed E-state index contributed by atoms with van der Waals surface area (Å²) in [5.41, 5.74) is 1.10. The molecule has 2 aromatic rings. The molecule has 0 spiro atoms. The zero-order valence-corrected chi connectivity index (χ0v) is 13.8. The Hall–Kier alpha value is -2.11. The minimum absolute atomic E-state index is 0.0756. The zero-order valence-electron chi connectivity index (χ0n) is 12.3. The van der Waals surface area contributed by atoms with E-state index in [1.54, 1.807) is 0 Å². The Morgan fingerprint density at radius 3 is 2.39 bits per heavy atom. The van der Waals surface area contributed by atoms with Gasteiger partial charge in [-0.3, -0.25) is 4.79 Å². The maximum Gasteiger partial charge on any atom is 0.338 e. The maximum absolute atomic E-state index is 11.9. The molecule has 0 aliphatic heterocycles. The summed E-state index contributed by atoms with van der Waals surface area (Å²) in [5.74, 6) is -1.10. The molecular weight excluding hydrogens is 339 g/mol. The van der Waals surface area contributed by atoms with E-state index in [1.165, 1.54) is 12.1 Å². The topological polar surface area (TPSA) is 68.3 Å². The third kappa shape index (κ3) is 5.23. The first-order chi connectivity index (χ1) is 11.0. The Morgan fingerprint density at radius 1 is 1.17 bits per heavy atom. The maximum atomic E-state index is 11.9. The van der Waals surface area contributed by atoms with Gasteiger partial charge in [0.2, 0.25) is 0 Å². The minimum atomic E-state index is -0.696. The van der Waals surface area contributed by atoms with Crippen molar-refractivity contribution in [1.82, 2.24) is 10.3 Å². The van der Waals surface area contributed by atoms with Crippen molar-refractivity contribution >= 4 is 35.1 Å². The van der Waals surface area contributed by atoms with E-state index in [9.17, 15) is 9.59 Å². The molecule has 0 bridgehead atoms. The van der Waals surface area contributed by atoms with Crippen LogP contribution in [0.1, 0.15) is 28.9 Å². The molecule has 0 saturated heterocycles. The van der Waals surface area contributed by atoms with Gasteiger partial charge in [-0.25, -0.2) is 9.78 Å². The Bertz CT molecular complexity index is 687. The van der Waals surface area contributed by atoms with Gasteiger partial charge in [0.05, 0.1) is 11.6 Å². The van der Waals surface area contributed by atoms with E-state index in [2.05, 4.69) is 10.3 Å². The van der Waals surface area contributed by atoms with E-state index >= 15 is 0 Å². The van der Waals surface area contributed by atoms with Crippen LogP contribution in [0.3, 0.4) is 0 Å². The molecule has 0 radical (unpaired) electrons. The SMILES string of the molecule is C[C@@H](NC(=O)COC(=O)c1cc(Cl)nc(Cl)c1)c1ccccc1. The third-order valence-electron chi connectivity index (χ3n) is 3.01. The lowest BCUT2D eigenvalue weighted by Crippen LogP contribution is -2.31. The van der Waals surface area contributed by atoms with Crippen LogP contribution < -0.4 is 5.32 Å². The summed E-state index contributed by atoms with van der Waals surface area (Å²) in [4.78, 5) is 27.4. The first-order valence-corrected chi connectivity index (χ1v) is 7.56. The van der Waals surface area contributed by atoms with Crippen LogP contribution in [-0.4, -0.2) is 23.5 Å². The van der Waals surface area contributed by atoms with Gasteiger partial charge in [-0.1, -0.05) is 53.5 Å². The molecule has 23 heavy (non-hydrogen) atoms. The van der Waals surface area contributed by atoms with Gasteiger partial charge in [0.1, 0.15) is 10.3 Å². The molecule has 5 nitrogen and oxygen atoms in total. The summed E-state index contributed by atoms with van der Waals surface area (Å²) < 4.78 is 4.94. The lowest BCUT2D eigenvalue weighted by Gasteiger charge is -2.14. The first kappa shape index (κ1) is 17.2. The second-order valence-corrected chi connectivity index (χ2v) is 5.55. The van der Waals surface area contributed by atoms with Gasteiger partial charge in [0.15, 0.2) is 6.61 Å². The second-order valence-electron chi connectivity index (χ2n) is 4.78. The Kier molecular flexibility index (Phi) is 5.96. The first-order valence-electron chi connectivity index (χ1n) is 6.80. The van der Waals surface area contributed by atoms with E-state index in [0.717, 1.165) is 5.56 Å². The predicted molar refractivity (Wildman–Crippen MR) is 87.5 cm³/mol. The second kappa shape index (κ2) is 7.94. The number of carbonyl (C=O) groups is 2. The van der Waals surface area contributed by atoms with Gasteiger partial charge in [-0.2, -0.15) is 0 Å². The van der Waals surface area contributed by atoms with Crippen molar-refractivity contribution < 1.29 is 14.3 Å². The van der Waals surface area contributed by atoms with E-state index < -0.39 is 18.5 Å². The van der Waals surface area contributed by atoms with Crippen LogP contribution in [0.5, 0.6) is 0 Å². The fourth-order valence-corrected chi connectivity index (χ4v) is 2.37. The molecule has 1 aromatic carbocycles. The highest BCUT2D eigenvalue weighted by atomic mass is 35.5. The Morgan fingerprint density at radius 2 is 1.78 bits per heavy atom. The van der Waals surface area contributed by atoms with Crippen molar-refractivity contribution in [3.63, 3.8) is 0 Å². The molecule has 0 saturated carbocycles. The van der Waals surface area contributed by atoms with Crippen molar-refractivity contribution in [1.29, 1.82) is 0 Å². The number of hydrogen-bond acceptors (Lipinski definition) is 4. The highest BCUT2D eigenvalue weighted by Crippen LogP contribution is 2.15. The Labute approximate surface area is 143 Å². The quantitative estimate of drug-likeness (QED) is 0.661. The number of aromatic nitrogens is 1. The molecule has 1 heterocycles. The van der Waals surface area contributed by atoms with Crippen LogP contribution in [-0.2, 0) is 9.53 Å². The van der Waals surface area contributed by atoms with Crippen molar-refractivity contribution in [2.75, 3.05) is 6.61 Å². The zero-order chi connectivity index (χ0) is 16.8. The summed E-state index contributed by atoms with van der Waals surface area (Å²) in [5, 5.41) is 2.90. The van der Waals surface area contributed by atoms with Gasteiger partial charge in [0, 0.05) is 0 Å². The average Bonchev–Trinajstić information content (AvgIpc) is 2.52. The number of esters is 1. The van der Waals surface area contributed by atoms with Crippen LogP contribution in [0.25, 0.3) is 0 Å².